The maximum absolute atomic E-state index is 11.5. The molecule has 5 heteroatoms. The van der Waals surface area contributed by atoms with Crippen molar-refractivity contribution in [3.63, 3.8) is 0 Å². The molecule has 0 aliphatic heterocycles. The Labute approximate surface area is 115 Å². The summed E-state index contributed by atoms with van der Waals surface area (Å²) in [6, 6.07) is 7.63. The molecule has 18 heavy (non-hydrogen) atoms. The van der Waals surface area contributed by atoms with Crippen LogP contribution in [0.15, 0.2) is 24.3 Å². The van der Waals surface area contributed by atoms with Crippen LogP contribution in [0.4, 0.5) is 5.00 Å². The van der Waals surface area contributed by atoms with Crippen LogP contribution in [-0.4, -0.2) is 10.2 Å². The minimum Gasteiger partial charge on any atom is -0.371 e. The number of benzene rings is 1. The van der Waals surface area contributed by atoms with Crippen molar-refractivity contribution in [1.82, 2.24) is 4.37 Å². The van der Waals surface area contributed by atoms with Crippen LogP contribution in [0.2, 0.25) is 5.02 Å². The first-order chi connectivity index (χ1) is 8.58. The standard InChI is InChI=1S/C13H13ClN2OS/c1-8-12(9(2)17)13(18-16-8)15-7-10-4-3-5-11(14)6-10/h3-6,15H,7H2,1-2H3. The molecule has 0 atom stereocenters. The lowest BCUT2D eigenvalue weighted by atomic mass is 10.2. The number of carbonyl (C=O) groups is 1. The van der Waals surface area contributed by atoms with Crippen LogP contribution >= 0.6 is 23.1 Å². The molecule has 0 radical (unpaired) electrons. The van der Waals surface area contributed by atoms with E-state index in [1.807, 2.05) is 31.2 Å². The second-order valence-electron chi connectivity index (χ2n) is 4.01. The molecule has 0 bridgehead atoms. The molecule has 1 aromatic heterocycles. The molecule has 3 nitrogen and oxygen atoms in total. The van der Waals surface area contributed by atoms with E-state index >= 15 is 0 Å². The Bertz CT molecular complexity index is 580. The van der Waals surface area contributed by atoms with Gasteiger partial charge in [-0.3, -0.25) is 4.79 Å². The van der Waals surface area contributed by atoms with E-state index in [0.717, 1.165) is 16.3 Å². The lowest BCUT2D eigenvalue weighted by molar-refractivity contribution is 0.101. The van der Waals surface area contributed by atoms with Crippen molar-refractivity contribution in [3.05, 3.63) is 46.1 Å². The van der Waals surface area contributed by atoms with Crippen LogP contribution in [0.3, 0.4) is 0 Å². The Balaban J connectivity index is 2.13. The minimum absolute atomic E-state index is 0.0369. The summed E-state index contributed by atoms with van der Waals surface area (Å²) in [7, 11) is 0. The zero-order chi connectivity index (χ0) is 13.1. The fourth-order valence-electron chi connectivity index (χ4n) is 1.73. The molecule has 1 N–H and O–H groups in total. The molecule has 0 aliphatic carbocycles. The normalized spacial score (nSPS) is 10.4. The Kier molecular flexibility index (Phi) is 3.99. The minimum atomic E-state index is 0.0369. The van der Waals surface area contributed by atoms with Gasteiger partial charge in [0.15, 0.2) is 5.78 Å². The number of rotatable bonds is 4. The first-order valence-corrected chi connectivity index (χ1v) is 6.68. The predicted molar refractivity (Wildman–Crippen MR) is 75.6 cm³/mol. The van der Waals surface area contributed by atoms with E-state index in [0.29, 0.717) is 17.1 Å². The molecule has 0 saturated heterocycles. The largest absolute Gasteiger partial charge is 0.371 e. The second-order valence-corrected chi connectivity index (χ2v) is 5.22. The van der Waals surface area contributed by atoms with E-state index in [1.165, 1.54) is 11.5 Å². The summed E-state index contributed by atoms with van der Waals surface area (Å²) in [6.07, 6.45) is 0. The van der Waals surface area contributed by atoms with Crippen molar-refractivity contribution < 1.29 is 4.79 Å². The van der Waals surface area contributed by atoms with E-state index in [2.05, 4.69) is 9.69 Å². The van der Waals surface area contributed by atoms with Crippen LogP contribution in [0.1, 0.15) is 28.5 Å². The molecule has 0 spiro atoms. The first kappa shape index (κ1) is 13.1. The van der Waals surface area contributed by atoms with Gasteiger partial charge in [0.25, 0.3) is 0 Å². The summed E-state index contributed by atoms with van der Waals surface area (Å²) in [5.41, 5.74) is 2.53. The molecule has 0 aliphatic rings. The Morgan fingerprint density at radius 3 is 2.94 bits per heavy atom. The summed E-state index contributed by atoms with van der Waals surface area (Å²) in [6.45, 7) is 4.03. The Morgan fingerprint density at radius 2 is 2.28 bits per heavy atom. The molecule has 0 fully saturated rings. The zero-order valence-corrected chi connectivity index (χ0v) is 11.7. The fraction of sp³-hybridized carbons (Fsp3) is 0.231. The number of ketones is 1. The number of hydrogen-bond donors (Lipinski definition) is 1. The summed E-state index contributed by atoms with van der Waals surface area (Å²) in [5, 5.41) is 4.76. The number of Topliss-reactive ketones (excluding diaryl/α,β-unsaturated/α-hetero) is 1. The van der Waals surface area contributed by atoms with Gasteiger partial charge in [0.1, 0.15) is 5.00 Å². The van der Waals surface area contributed by atoms with E-state index in [9.17, 15) is 4.79 Å². The zero-order valence-electron chi connectivity index (χ0n) is 10.2. The van der Waals surface area contributed by atoms with Gasteiger partial charge in [-0.1, -0.05) is 23.7 Å². The number of nitrogens with one attached hydrogen (secondary N) is 1. The maximum atomic E-state index is 11.5. The quantitative estimate of drug-likeness (QED) is 0.863. The third-order valence-electron chi connectivity index (χ3n) is 2.56. The maximum Gasteiger partial charge on any atom is 0.164 e. The first-order valence-electron chi connectivity index (χ1n) is 5.53. The van der Waals surface area contributed by atoms with Gasteiger partial charge in [0.05, 0.1) is 11.3 Å². The predicted octanol–water partition coefficient (Wildman–Crippen LogP) is 3.92. The van der Waals surface area contributed by atoms with Gasteiger partial charge in [-0.25, -0.2) is 0 Å². The Morgan fingerprint density at radius 1 is 1.50 bits per heavy atom. The van der Waals surface area contributed by atoms with Gasteiger partial charge in [-0.05, 0) is 43.1 Å². The summed E-state index contributed by atoms with van der Waals surface area (Å²) >= 11 is 7.23. The van der Waals surface area contributed by atoms with Crippen LogP contribution in [0.5, 0.6) is 0 Å². The fourth-order valence-corrected chi connectivity index (χ4v) is 2.79. The van der Waals surface area contributed by atoms with Crippen molar-refractivity contribution in [2.24, 2.45) is 0 Å². The van der Waals surface area contributed by atoms with E-state index in [-0.39, 0.29) is 5.78 Å². The highest BCUT2D eigenvalue weighted by Gasteiger charge is 2.14. The summed E-state index contributed by atoms with van der Waals surface area (Å²) < 4.78 is 4.20. The molecule has 0 amide bonds. The lowest BCUT2D eigenvalue weighted by Crippen LogP contribution is -2.03. The highest BCUT2D eigenvalue weighted by atomic mass is 35.5. The van der Waals surface area contributed by atoms with Crippen LogP contribution in [0, 0.1) is 6.92 Å². The smallest absolute Gasteiger partial charge is 0.164 e. The number of aryl methyl sites for hydroxylation is 1. The second kappa shape index (κ2) is 5.50. The summed E-state index contributed by atoms with van der Waals surface area (Å²) in [4.78, 5) is 11.5. The van der Waals surface area contributed by atoms with Gasteiger partial charge in [-0.15, -0.1) is 0 Å². The van der Waals surface area contributed by atoms with Crippen molar-refractivity contribution in [3.8, 4) is 0 Å². The molecule has 1 heterocycles. The van der Waals surface area contributed by atoms with E-state index in [1.54, 1.807) is 6.92 Å². The van der Waals surface area contributed by atoms with E-state index in [4.69, 9.17) is 11.6 Å². The molecule has 0 unspecified atom stereocenters. The van der Waals surface area contributed by atoms with Crippen molar-refractivity contribution in [2.45, 2.75) is 20.4 Å². The van der Waals surface area contributed by atoms with Crippen molar-refractivity contribution >= 4 is 33.9 Å². The third kappa shape index (κ3) is 2.89. The van der Waals surface area contributed by atoms with Gasteiger partial charge < -0.3 is 5.32 Å². The molecule has 94 valence electrons. The number of carbonyl (C=O) groups excluding carboxylic acids is 1. The molecule has 2 rings (SSSR count). The SMILES string of the molecule is CC(=O)c1c(C)nsc1NCc1cccc(Cl)c1. The molecule has 2 aromatic rings. The van der Waals surface area contributed by atoms with Crippen LogP contribution in [-0.2, 0) is 6.54 Å². The van der Waals surface area contributed by atoms with Gasteiger partial charge >= 0.3 is 0 Å². The number of hydrogen-bond acceptors (Lipinski definition) is 4. The highest BCUT2D eigenvalue weighted by Crippen LogP contribution is 2.25. The van der Waals surface area contributed by atoms with Gasteiger partial charge in [0, 0.05) is 11.6 Å². The van der Waals surface area contributed by atoms with Gasteiger partial charge in [-0.2, -0.15) is 4.37 Å². The summed E-state index contributed by atoms with van der Waals surface area (Å²) in [5.74, 6) is 0.0369. The monoisotopic (exact) mass is 280 g/mol. The lowest BCUT2D eigenvalue weighted by Gasteiger charge is -2.06. The van der Waals surface area contributed by atoms with Crippen molar-refractivity contribution in [2.75, 3.05) is 5.32 Å². The highest BCUT2D eigenvalue weighted by molar-refractivity contribution is 7.10. The van der Waals surface area contributed by atoms with E-state index < -0.39 is 0 Å². The average Bonchev–Trinajstić information content (AvgIpc) is 2.68. The number of anilines is 1. The topological polar surface area (TPSA) is 42.0 Å². The molecular weight excluding hydrogens is 268 g/mol. The van der Waals surface area contributed by atoms with Crippen molar-refractivity contribution in [1.29, 1.82) is 0 Å². The molecular formula is C13H13ClN2OS. The van der Waals surface area contributed by atoms with Gasteiger partial charge in [0.2, 0.25) is 0 Å². The molecule has 0 saturated carbocycles. The Hall–Kier alpha value is -1.39. The average molecular weight is 281 g/mol. The number of aromatic nitrogens is 1. The number of nitrogens with zero attached hydrogens (tertiary/aromatic N) is 1. The van der Waals surface area contributed by atoms with Crippen LogP contribution in [0.25, 0.3) is 0 Å². The third-order valence-corrected chi connectivity index (χ3v) is 3.69. The molecule has 1 aromatic carbocycles. The van der Waals surface area contributed by atoms with Crippen LogP contribution < -0.4 is 5.32 Å². The number of halogens is 1.